The molecule has 1 atom stereocenters. The SMILES string of the molecule is CC(C)CC(NC(=O)CSc1nnc(-c2ccccc2F)n1C)c1ccccc1. The summed E-state index contributed by atoms with van der Waals surface area (Å²) in [5.41, 5.74) is 1.49. The summed E-state index contributed by atoms with van der Waals surface area (Å²) in [5, 5.41) is 11.9. The number of aromatic nitrogens is 3. The van der Waals surface area contributed by atoms with Gasteiger partial charge in [-0.15, -0.1) is 10.2 Å². The summed E-state index contributed by atoms with van der Waals surface area (Å²) in [7, 11) is 1.77. The topological polar surface area (TPSA) is 59.8 Å². The van der Waals surface area contributed by atoms with Crippen LogP contribution in [0, 0.1) is 11.7 Å². The summed E-state index contributed by atoms with van der Waals surface area (Å²) in [5.74, 6) is 0.685. The Bertz CT molecular complexity index is 958. The molecule has 1 aromatic heterocycles. The van der Waals surface area contributed by atoms with E-state index in [1.165, 1.54) is 17.8 Å². The molecule has 0 saturated heterocycles. The molecule has 0 spiro atoms. The molecule has 5 nitrogen and oxygen atoms in total. The molecule has 3 aromatic rings. The lowest BCUT2D eigenvalue weighted by Gasteiger charge is -2.21. The highest BCUT2D eigenvalue weighted by atomic mass is 32.2. The van der Waals surface area contributed by atoms with Gasteiger partial charge in [0.2, 0.25) is 5.91 Å². The minimum Gasteiger partial charge on any atom is -0.349 e. The second-order valence-corrected chi connectivity index (χ2v) is 8.24. The molecule has 152 valence electrons. The van der Waals surface area contributed by atoms with Gasteiger partial charge >= 0.3 is 0 Å². The molecule has 0 fully saturated rings. The predicted octanol–water partition coefficient (Wildman–Crippen LogP) is 4.62. The minimum atomic E-state index is -0.350. The Balaban J connectivity index is 1.65. The zero-order valence-electron chi connectivity index (χ0n) is 16.8. The quantitative estimate of drug-likeness (QED) is 0.549. The molecule has 1 N–H and O–H groups in total. The molecule has 7 heteroatoms. The van der Waals surface area contributed by atoms with Crippen LogP contribution < -0.4 is 5.32 Å². The summed E-state index contributed by atoms with van der Waals surface area (Å²) in [6.45, 7) is 4.28. The number of thioether (sulfide) groups is 1. The third-order valence-corrected chi connectivity index (χ3v) is 5.55. The van der Waals surface area contributed by atoms with Crippen LogP contribution in [0.25, 0.3) is 11.4 Å². The summed E-state index contributed by atoms with van der Waals surface area (Å²) in [6, 6.07) is 16.4. The third kappa shape index (κ3) is 5.44. The van der Waals surface area contributed by atoms with Gasteiger partial charge in [0.1, 0.15) is 5.82 Å². The minimum absolute atomic E-state index is 0.0298. The lowest BCUT2D eigenvalue weighted by atomic mass is 9.97. The maximum absolute atomic E-state index is 14.0. The molecule has 1 amide bonds. The summed E-state index contributed by atoms with van der Waals surface area (Å²) in [6.07, 6.45) is 0.863. The number of halogens is 1. The molecule has 0 radical (unpaired) electrons. The third-order valence-electron chi connectivity index (χ3n) is 4.53. The number of hydrogen-bond acceptors (Lipinski definition) is 4. The van der Waals surface area contributed by atoms with Gasteiger partial charge in [-0.25, -0.2) is 4.39 Å². The molecule has 1 unspecified atom stereocenters. The molecule has 0 aliphatic rings. The Morgan fingerprint density at radius 3 is 2.48 bits per heavy atom. The van der Waals surface area contributed by atoms with Gasteiger partial charge in [0.15, 0.2) is 11.0 Å². The van der Waals surface area contributed by atoms with Gasteiger partial charge in [-0.1, -0.05) is 68.1 Å². The standard InChI is InChI=1S/C22H25FN4OS/c1-15(2)13-19(16-9-5-4-6-10-16)24-20(28)14-29-22-26-25-21(27(22)3)17-11-7-8-12-18(17)23/h4-12,15,19H,13-14H2,1-3H3,(H,24,28). The van der Waals surface area contributed by atoms with Crippen molar-refractivity contribution in [2.24, 2.45) is 13.0 Å². The molecular formula is C22H25FN4OS. The van der Waals surface area contributed by atoms with Crippen molar-refractivity contribution in [2.45, 2.75) is 31.5 Å². The van der Waals surface area contributed by atoms with Gasteiger partial charge < -0.3 is 9.88 Å². The summed E-state index contributed by atoms with van der Waals surface area (Å²) >= 11 is 1.29. The average Bonchev–Trinajstić information content (AvgIpc) is 3.07. The van der Waals surface area contributed by atoms with Gasteiger partial charge in [0.05, 0.1) is 17.4 Å². The largest absolute Gasteiger partial charge is 0.349 e. The monoisotopic (exact) mass is 412 g/mol. The molecular weight excluding hydrogens is 387 g/mol. The first kappa shape index (κ1) is 21.0. The number of hydrogen-bond donors (Lipinski definition) is 1. The van der Waals surface area contributed by atoms with Crippen molar-refractivity contribution < 1.29 is 9.18 Å². The van der Waals surface area contributed by atoms with Crippen LogP contribution in [0.4, 0.5) is 4.39 Å². The van der Waals surface area contributed by atoms with Crippen LogP contribution in [0.3, 0.4) is 0 Å². The lowest BCUT2D eigenvalue weighted by Crippen LogP contribution is -2.31. The van der Waals surface area contributed by atoms with Crippen molar-refractivity contribution >= 4 is 17.7 Å². The Morgan fingerprint density at radius 2 is 1.79 bits per heavy atom. The number of benzene rings is 2. The lowest BCUT2D eigenvalue weighted by molar-refractivity contribution is -0.119. The molecule has 0 aliphatic carbocycles. The van der Waals surface area contributed by atoms with Gasteiger partial charge in [0, 0.05) is 7.05 Å². The highest BCUT2D eigenvalue weighted by Gasteiger charge is 2.18. The molecule has 0 saturated carbocycles. The van der Waals surface area contributed by atoms with Crippen molar-refractivity contribution in [1.29, 1.82) is 0 Å². The number of carbonyl (C=O) groups is 1. The number of amides is 1. The summed E-state index contributed by atoms with van der Waals surface area (Å²) in [4.78, 5) is 12.6. The Hall–Kier alpha value is -2.67. The van der Waals surface area contributed by atoms with Crippen molar-refractivity contribution in [3.8, 4) is 11.4 Å². The zero-order valence-corrected chi connectivity index (χ0v) is 17.6. The molecule has 2 aromatic carbocycles. The van der Waals surface area contributed by atoms with E-state index in [9.17, 15) is 9.18 Å². The fraction of sp³-hybridized carbons (Fsp3) is 0.318. The normalized spacial score (nSPS) is 12.2. The molecule has 0 bridgehead atoms. The molecule has 29 heavy (non-hydrogen) atoms. The van der Waals surface area contributed by atoms with Crippen LogP contribution in [0.2, 0.25) is 0 Å². The smallest absolute Gasteiger partial charge is 0.230 e. The number of nitrogens with one attached hydrogen (secondary N) is 1. The van der Waals surface area contributed by atoms with E-state index in [2.05, 4.69) is 29.4 Å². The van der Waals surface area contributed by atoms with Crippen molar-refractivity contribution in [1.82, 2.24) is 20.1 Å². The molecule has 3 rings (SSSR count). The summed E-state index contributed by atoms with van der Waals surface area (Å²) < 4.78 is 15.7. The number of carbonyl (C=O) groups excluding carboxylic acids is 1. The van der Waals surface area contributed by atoms with Gasteiger partial charge in [0.25, 0.3) is 0 Å². The van der Waals surface area contributed by atoms with Crippen molar-refractivity contribution in [3.63, 3.8) is 0 Å². The number of rotatable bonds is 8. The Morgan fingerprint density at radius 1 is 1.10 bits per heavy atom. The molecule has 0 aliphatic heterocycles. The van der Waals surface area contributed by atoms with Crippen molar-refractivity contribution in [3.05, 3.63) is 66.0 Å². The van der Waals surface area contributed by atoms with E-state index in [-0.39, 0.29) is 23.5 Å². The van der Waals surface area contributed by atoms with Gasteiger partial charge in [-0.05, 0) is 30.0 Å². The highest BCUT2D eigenvalue weighted by Crippen LogP contribution is 2.25. The zero-order chi connectivity index (χ0) is 20.8. The van der Waals surface area contributed by atoms with E-state index < -0.39 is 0 Å². The first-order valence-electron chi connectivity index (χ1n) is 9.57. The van der Waals surface area contributed by atoms with E-state index in [1.54, 1.807) is 29.8 Å². The van der Waals surface area contributed by atoms with E-state index in [1.807, 2.05) is 30.3 Å². The fourth-order valence-electron chi connectivity index (χ4n) is 3.12. The van der Waals surface area contributed by atoms with Crippen LogP contribution in [-0.4, -0.2) is 26.4 Å². The first-order valence-corrected chi connectivity index (χ1v) is 10.6. The molecule has 1 heterocycles. The predicted molar refractivity (Wildman–Crippen MR) is 114 cm³/mol. The van der Waals surface area contributed by atoms with E-state index in [4.69, 9.17) is 0 Å². The van der Waals surface area contributed by atoms with Crippen LogP contribution in [-0.2, 0) is 11.8 Å². The van der Waals surface area contributed by atoms with Crippen LogP contribution in [0.5, 0.6) is 0 Å². The second-order valence-electron chi connectivity index (χ2n) is 7.29. The Labute approximate surface area is 174 Å². The van der Waals surface area contributed by atoms with E-state index in [0.29, 0.717) is 22.5 Å². The van der Waals surface area contributed by atoms with Crippen LogP contribution in [0.15, 0.2) is 59.8 Å². The van der Waals surface area contributed by atoms with Crippen LogP contribution >= 0.6 is 11.8 Å². The maximum Gasteiger partial charge on any atom is 0.230 e. The second kappa shape index (κ2) is 9.69. The van der Waals surface area contributed by atoms with Gasteiger partial charge in [-0.2, -0.15) is 0 Å². The van der Waals surface area contributed by atoms with Gasteiger partial charge in [-0.3, -0.25) is 4.79 Å². The average molecular weight is 413 g/mol. The number of nitrogens with zero attached hydrogens (tertiary/aromatic N) is 3. The fourth-order valence-corrected chi connectivity index (χ4v) is 3.84. The Kier molecular flexibility index (Phi) is 7.04. The van der Waals surface area contributed by atoms with E-state index >= 15 is 0 Å². The maximum atomic E-state index is 14.0. The van der Waals surface area contributed by atoms with E-state index in [0.717, 1.165) is 12.0 Å². The van der Waals surface area contributed by atoms with Crippen molar-refractivity contribution in [2.75, 3.05) is 5.75 Å². The highest BCUT2D eigenvalue weighted by molar-refractivity contribution is 7.99. The van der Waals surface area contributed by atoms with Crippen LogP contribution in [0.1, 0.15) is 31.9 Å². The first-order chi connectivity index (χ1) is 14.0.